The van der Waals surface area contributed by atoms with E-state index < -0.39 is 0 Å². The first-order valence-corrected chi connectivity index (χ1v) is 11.2. The summed E-state index contributed by atoms with van der Waals surface area (Å²) in [6, 6.07) is 6.84. The quantitative estimate of drug-likeness (QED) is 0.767. The fourth-order valence-corrected chi connectivity index (χ4v) is 5.45. The third-order valence-electron chi connectivity index (χ3n) is 6.85. The molecule has 1 saturated heterocycles. The van der Waals surface area contributed by atoms with Crippen molar-refractivity contribution in [1.29, 1.82) is 0 Å². The first-order chi connectivity index (χ1) is 14.2. The van der Waals surface area contributed by atoms with Gasteiger partial charge in [-0.2, -0.15) is 0 Å². The van der Waals surface area contributed by atoms with Crippen LogP contribution in [0.25, 0.3) is 5.69 Å². The van der Waals surface area contributed by atoms with Gasteiger partial charge in [0.2, 0.25) is 0 Å². The second kappa shape index (κ2) is 8.34. The average Bonchev–Trinajstić information content (AvgIpc) is 3.10. The van der Waals surface area contributed by atoms with E-state index in [1.807, 2.05) is 6.07 Å². The van der Waals surface area contributed by atoms with Crippen molar-refractivity contribution < 1.29 is 9.47 Å². The maximum absolute atomic E-state index is 6.31. The number of hydrogen-bond donors (Lipinski definition) is 0. The summed E-state index contributed by atoms with van der Waals surface area (Å²) in [6.07, 6.45) is 6.50. The summed E-state index contributed by atoms with van der Waals surface area (Å²) in [6.45, 7) is 3.89. The Balaban J connectivity index is 1.41. The molecule has 1 aromatic carbocycles. The van der Waals surface area contributed by atoms with E-state index in [1.54, 1.807) is 7.11 Å². The fourth-order valence-electron chi connectivity index (χ4n) is 5.25. The summed E-state index contributed by atoms with van der Waals surface area (Å²) in [7, 11) is 1.77. The molecule has 1 unspecified atom stereocenters. The standard InChI is InChI=1S/C22H29ClN4O2/c1-28-19-13-16-12-17(23)4-7-20(16)27-21(14-19)24-25-22(27)15-2-5-18(6-3-15)26-8-10-29-11-9-26/h4,7,12,15,18-19H,2-3,5-6,8-11,13-14H2,1H3. The van der Waals surface area contributed by atoms with Crippen molar-refractivity contribution in [3.05, 3.63) is 40.4 Å². The minimum absolute atomic E-state index is 0.0996. The lowest BCUT2D eigenvalue weighted by Gasteiger charge is -2.38. The van der Waals surface area contributed by atoms with Crippen LogP contribution in [-0.4, -0.2) is 65.2 Å². The average molecular weight is 417 g/mol. The summed E-state index contributed by atoms with van der Waals surface area (Å²) < 4.78 is 13.5. The van der Waals surface area contributed by atoms with Crippen LogP contribution in [0, 0.1) is 0 Å². The van der Waals surface area contributed by atoms with Crippen molar-refractivity contribution in [2.75, 3.05) is 33.4 Å². The Labute approximate surface area is 177 Å². The predicted molar refractivity (Wildman–Crippen MR) is 112 cm³/mol. The predicted octanol–water partition coefficient (Wildman–Crippen LogP) is 3.39. The molecule has 5 rings (SSSR count). The molecule has 3 heterocycles. The summed E-state index contributed by atoms with van der Waals surface area (Å²) in [5.74, 6) is 2.57. The number of rotatable bonds is 3. The lowest BCUT2D eigenvalue weighted by atomic mass is 9.84. The molecule has 2 aromatic rings. The highest BCUT2D eigenvalue weighted by Gasteiger charge is 2.33. The van der Waals surface area contributed by atoms with Crippen LogP contribution < -0.4 is 0 Å². The molecule has 0 amide bonds. The van der Waals surface area contributed by atoms with E-state index in [4.69, 9.17) is 21.1 Å². The Morgan fingerprint density at radius 1 is 1.07 bits per heavy atom. The van der Waals surface area contributed by atoms with Gasteiger partial charge in [0.05, 0.1) is 25.0 Å². The zero-order valence-electron chi connectivity index (χ0n) is 17.0. The van der Waals surface area contributed by atoms with Crippen LogP contribution in [0.5, 0.6) is 0 Å². The highest BCUT2D eigenvalue weighted by molar-refractivity contribution is 6.30. The molecule has 6 nitrogen and oxygen atoms in total. The van der Waals surface area contributed by atoms with E-state index in [9.17, 15) is 0 Å². The van der Waals surface area contributed by atoms with Gasteiger partial charge in [0.1, 0.15) is 11.6 Å². The normalized spacial score (nSPS) is 27.9. The summed E-state index contributed by atoms with van der Waals surface area (Å²) in [5.41, 5.74) is 2.38. The minimum atomic E-state index is 0.0996. The number of morpholine rings is 1. The number of aromatic nitrogens is 3. The van der Waals surface area contributed by atoms with Crippen molar-refractivity contribution in [2.24, 2.45) is 0 Å². The van der Waals surface area contributed by atoms with Gasteiger partial charge in [-0.05, 0) is 49.4 Å². The Hall–Kier alpha value is -1.47. The van der Waals surface area contributed by atoms with Crippen LogP contribution in [-0.2, 0) is 22.3 Å². The van der Waals surface area contributed by atoms with Gasteiger partial charge < -0.3 is 9.47 Å². The van der Waals surface area contributed by atoms with Gasteiger partial charge in [0.25, 0.3) is 0 Å². The second-order valence-corrected chi connectivity index (χ2v) is 8.94. The lowest BCUT2D eigenvalue weighted by molar-refractivity contribution is 0.00707. The highest BCUT2D eigenvalue weighted by atomic mass is 35.5. The number of hydrogen-bond acceptors (Lipinski definition) is 5. The van der Waals surface area contributed by atoms with E-state index in [1.165, 1.54) is 24.1 Å². The monoisotopic (exact) mass is 416 g/mol. The largest absolute Gasteiger partial charge is 0.381 e. The Kier molecular flexibility index (Phi) is 5.61. The van der Waals surface area contributed by atoms with Gasteiger partial charge in [-0.25, -0.2) is 0 Å². The number of ether oxygens (including phenoxy) is 2. The van der Waals surface area contributed by atoms with Gasteiger partial charge in [-0.1, -0.05) is 11.6 Å². The minimum Gasteiger partial charge on any atom is -0.381 e. The van der Waals surface area contributed by atoms with Crippen molar-refractivity contribution in [3.8, 4) is 5.69 Å². The van der Waals surface area contributed by atoms with Crippen molar-refractivity contribution >= 4 is 11.6 Å². The maximum Gasteiger partial charge on any atom is 0.140 e. The van der Waals surface area contributed by atoms with Gasteiger partial charge in [-0.3, -0.25) is 9.47 Å². The smallest absolute Gasteiger partial charge is 0.140 e. The maximum atomic E-state index is 6.31. The fraction of sp³-hybridized carbons (Fsp3) is 0.636. The number of nitrogens with zero attached hydrogens (tertiary/aromatic N) is 4. The number of benzene rings is 1. The zero-order valence-corrected chi connectivity index (χ0v) is 17.8. The molecule has 0 N–H and O–H groups in total. The van der Waals surface area contributed by atoms with E-state index in [0.717, 1.165) is 68.7 Å². The summed E-state index contributed by atoms with van der Waals surface area (Å²) in [4.78, 5) is 2.62. The van der Waals surface area contributed by atoms with Crippen LogP contribution in [0.2, 0.25) is 5.02 Å². The Morgan fingerprint density at radius 2 is 1.86 bits per heavy atom. The van der Waals surface area contributed by atoms with Crippen LogP contribution in [0.15, 0.2) is 18.2 Å². The van der Waals surface area contributed by atoms with Gasteiger partial charge in [-0.15, -0.1) is 10.2 Å². The third kappa shape index (κ3) is 3.83. The SMILES string of the molecule is COC1Cc2cc(Cl)ccc2-n2c(nnc2C2CCC(N3CCOCC3)CC2)C1. The molecule has 7 heteroatoms. The molecule has 2 fully saturated rings. The summed E-state index contributed by atoms with van der Waals surface area (Å²) >= 11 is 6.31. The molecule has 1 aliphatic carbocycles. The first-order valence-electron chi connectivity index (χ1n) is 10.8. The van der Waals surface area contributed by atoms with Crippen LogP contribution in [0.4, 0.5) is 0 Å². The van der Waals surface area contributed by atoms with Crippen LogP contribution in [0.1, 0.15) is 48.8 Å². The van der Waals surface area contributed by atoms with Crippen molar-refractivity contribution in [2.45, 2.75) is 56.6 Å². The molecule has 29 heavy (non-hydrogen) atoms. The Morgan fingerprint density at radius 3 is 2.62 bits per heavy atom. The Bertz CT molecular complexity index is 856. The molecule has 156 valence electrons. The zero-order chi connectivity index (χ0) is 19.8. The van der Waals surface area contributed by atoms with Gasteiger partial charge >= 0.3 is 0 Å². The topological polar surface area (TPSA) is 52.4 Å². The molecule has 0 radical (unpaired) electrons. The third-order valence-corrected chi connectivity index (χ3v) is 7.09. The molecular formula is C22H29ClN4O2. The number of methoxy groups -OCH3 is 1. The van der Waals surface area contributed by atoms with Gasteiger partial charge in [0, 0.05) is 50.0 Å². The molecular weight excluding hydrogens is 388 g/mol. The van der Waals surface area contributed by atoms with E-state index in [-0.39, 0.29) is 6.10 Å². The lowest BCUT2D eigenvalue weighted by Crippen LogP contribution is -2.44. The molecule has 0 spiro atoms. The molecule has 1 saturated carbocycles. The molecule has 1 aromatic heterocycles. The van der Waals surface area contributed by atoms with Crippen molar-refractivity contribution in [3.63, 3.8) is 0 Å². The molecule has 3 aliphatic rings. The molecule has 1 atom stereocenters. The van der Waals surface area contributed by atoms with E-state index >= 15 is 0 Å². The van der Waals surface area contributed by atoms with Gasteiger partial charge in [0.15, 0.2) is 0 Å². The summed E-state index contributed by atoms with van der Waals surface area (Å²) in [5, 5.41) is 10.0. The number of fused-ring (bicyclic) bond motifs is 3. The van der Waals surface area contributed by atoms with Crippen LogP contribution in [0.3, 0.4) is 0 Å². The second-order valence-electron chi connectivity index (χ2n) is 8.50. The number of halogens is 1. The van der Waals surface area contributed by atoms with Crippen molar-refractivity contribution in [1.82, 2.24) is 19.7 Å². The molecule has 2 aliphatic heterocycles. The highest BCUT2D eigenvalue weighted by Crippen LogP contribution is 2.37. The van der Waals surface area contributed by atoms with E-state index in [2.05, 4.69) is 31.8 Å². The molecule has 0 bridgehead atoms. The van der Waals surface area contributed by atoms with E-state index in [0.29, 0.717) is 12.0 Å². The first kappa shape index (κ1) is 19.5. The van der Waals surface area contributed by atoms with Crippen LogP contribution >= 0.6 is 11.6 Å².